The third kappa shape index (κ3) is 3.73. The van der Waals surface area contributed by atoms with Crippen LogP contribution in [0.3, 0.4) is 0 Å². The zero-order valence-electron chi connectivity index (χ0n) is 19.5. The maximum absolute atomic E-state index is 13.0. The smallest absolute Gasteiger partial charge is 0.253 e. The fraction of sp³-hybridized carbons (Fsp3) is 0.385. The summed E-state index contributed by atoms with van der Waals surface area (Å²) < 4.78 is 2.07. The van der Waals surface area contributed by atoms with E-state index in [1.54, 1.807) is 0 Å². The normalized spacial score (nSPS) is 18.4. The maximum Gasteiger partial charge on any atom is 0.253 e. The van der Waals surface area contributed by atoms with Gasteiger partial charge in [-0.25, -0.2) is 9.97 Å². The van der Waals surface area contributed by atoms with Crippen molar-refractivity contribution in [2.75, 3.05) is 31.9 Å². The number of benzene rings is 1. The zero-order chi connectivity index (χ0) is 23.8. The fourth-order valence-electron chi connectivity index (χ4n) is 5.44. The van der Waals surface area contributed by atoms with Crippen molar-refractivity contribution in [2.45, 2.75) is 31.6 Å². The third-order valence-corrected chi connectivity index (χ3v) is 7.17. The van der Waals surface area contributed by atoms with Gasteiger partial charge in [0.2, 0.25) is 5.91 Å². The molecule has 0 saturated carbocycles. The summed E-state index contributed by atoms with van der Waals surface area (Å²) in [6.45, 7) is 6.57. The van der Waals surface area contributed by atoms with Gasteiger partial charge in [0.25, 0.3) is 5.91 Å². The molecule has 0 radical (unpaired) electrons. The molecular weight excluding hydrogens is 428 g/mol. The quantitative estimate of drug-likeness (QED) is 0.605. The number of nitrogen functional groups attached to an aromatic ring is 1. The van der Waals surface area contributed by atoms with E-state index >= 15 is 0 Å². The molecule has 2 amide bonds. The predicted octanol–water partition coefficient (Wildman–Crippen LogP) is 3.35. The first-order valence-corrected chi connectivity index (χ1v) is 11.9. The SMILES string of the molecule is C=CC(=O)N1CCC(c2c(-c3ccc(C(=O)N4CCCCC4)cc3)c3c(N)ncnc3n2C)C1. The number of piperidine rings is 1. The summed E-state index contributed by atoms with van der Waals surface area (Å²) in [5.74, 6) is 0.587. The number of amides is 2. The molecule has 2 aliphatic heterocycles. The lowest BCUT2D eigenvalue weighted by molar-refractivity contribution is -0.125. The topological polar surface area (TPSA) is 97.3 Å². The fourth-order valence-corrected chi connectivity index (χ4v) is 5.44. The summed E-state index contributed by atoms with van der Waals surface area (Å²) in [5, 5.41) is 0.809. The minimum Gasteiger partial charge on any atom is -0.383 e. The number of aromatic nitrogens is 3. The van der Waals surface area contributed by atoms with Crippen LogP contribution in [0.2, 0.25) is 0 Å². The molecule has 1 unspecified atom stereocenters. The molecule has 0 spiro atoms. The van der Waals surface area contributed by atoms with Gasteiger partial charge in [0.15, 0.2) is 0 Å². The Hall–Kier alpha value is -3.68. The Morgan fingerprint density at radius 2 is 1.79 bits per heavy atom. The summed E-state index contributed by atoms with van der Waals surface area (Å²) in [6.07, 6.45) is 7.01. The molecule has 2 aromatic heterocycles. The Balaban J connectivity index is 1.56. The molecule has 0 aliphatic carbocycles. The van der Waals surface area contributed by atoms with Crippen molar-refractivity contribution in [3.8, 4) is 11.1 Å². The highest BCUT2D eigenvalue weighted by Crippen LogP contribution is 2.42. The molecular formula is C26H30N6O2. The van der Waals surface area contributed by atoms with Crippen molar-refractivity contribution >= 4 is 28.7 Å². The molecule has 4 heterocycles. The number of carbonyl (C=O) groups is 2. The van der Waals surface area contributed by atoms with Crippen LogP contribution in [0.5, 0.6) is 0 Å². The van der Waals surface area contributed by atoms with E-state index in [9.17, 15) is 9.59 Å². The number of rotatable bonds is 4. The second kappa shape index (κ2) is 8.93. The van der Waals surface area contributed by atoms with E-state index in [1.807, 2.05) is 41.1 Å². The monoisotopic (exact) mass is 458 g/mol. The molecule has 2 N–H and O–H groups in total. The number of anilines is 1. The predicted molar refractivity (Wildman–Crippen MR) is 132 cm³/mol. The highest BCUT2D eigenvalue weighted by Gasteiger charge is 2.32. The Bertz CT molecular complexity index is 1260. The van der Waals surface area contributed by atoms with Crippen LogP contribution in [-0.4, -0.2) is 62.3 Å². The highest BCUT2D eigenvalue weighted by atomic mass is 16.2. The van der Waals surface area contributed by atoms with E-state index in [1.165, 1.54) is 18.8 Å². The van der Waals surface area contributed by atoms with E-state index in [-0.39, 0.29) is 17.7 Å². The molecule has 176 valence electrons. The minimum atomic E-state index is -0.0531. The summed E-state index contributed by atoms with van der Waals surface area (Å²) in [6, 6.07) is 7.78. The van der Waals surface area contributed by atoms with Crippen molar-refractivity contribution in [3.63, 3.8) is 0 Å². The molecule has 34 heavy (non-hydrogen) atoms. The van der Waals surface area contributed by atoms with E-state index in [0.717, 1.165) is 60.2 Å². The number of aryl methyl sites for hydroxylation is 1. The van der Waals surface area contributed by atoms with Crippen molar-refractivity contribution in [1.29, 1.82) is 0 Å². The van der Waals surface area contributed by atoms with Gasteiger partial charge in [0, 0.05) is 56.0 Å². The summed E-state index contributed by atoms with van der Waals surface area (Å²) >= 11 is 0. The average Bonchev–Trinajstić information content (AvgIpc) is 3.47. The molecule has 2 saturated heterocycles. The highest BCUT2D eigenvalue weighted by molar-refractivity contribution is 6.03. The van der Waals surface area contributed by atoms with E-state index in [0.29, 0.717) is 24.5 Å². The van der Waals surface area contributed by atoms with Crippen LogP contribution in [-0.2, 0) is 11.8 Å². The lowest BCUT2D eigenvalue weighted by Gasteiger charge is -2.26. The van der Waals surface area contributed by atoms with Crippen molar-refractivity contribution in [2.24, 2.45) is 7.05 Å². The van der Waals surface area contributed by atoms with Crippen LogP contribution >= 0.6 is 0 Å². The minimum absolute atomic E-state index is 0.0531. The molecule has 1 atom stereocenters. The molecule has 8 nitrogen and oxygen atoms in total. The zero-order valence-corrected chi connectivity index (χ0v) is 19.5. The van der Waals surface area contributed by atoms with Gasteiger partial charge in [-0.15, -0.1) is 0 Å². The first-order valence-electron chi connectivity index (χ1n) is 11.9. The van der Waals surface area contributed by atoms with Gasteiger partial charge in [-0.2, -0.15) is 0 Å². The summed E-state index contributed by atoms with van der Waals surface area (Å²) in [5.41, 5.74) is 10.8. The summed E-state index contributed by atoms with van der Waals surface area (Å²) in [7, 11) is 1.99. The Kier molecular flexibility index (Phi) is 5.81. The number of hydrogen-bond acceptors (Lipinski definition) is 5. The first kappa shape index (κ1) is 22.1. The van der Waals surface area contributed by atoms with Crippen LogP contribution in [0.25, 0.3) is 22.2 Å². The molecule has 5 rings (SSSR count). The van der Waals surface area contributed by atoms with Crippen molar-refractivity contribution < 1.29 is 9.59 Å². The summed E-state index contributed by atoms with van der Waals surface area (Å²) in [4.78, 5) is 37.7. The van der Waals surface area contributed by atoms with Gasteiger partial charge >= 0.3 is 0 Å². The van der Waals surface area contributed by atoms with Crippen molar-refractivity contribution in [3.05, 3.63) is 54.5 Å². The van der Waals surface area contributed by atoms with Gasteiger partial charge in [-0.3, -0.25) is 9.59 Å². The van der Waals surface area contributed by atoms with Crippen LogP contribution in [0.1, 0.15) is 47.7 Å². The van der Waals surface area contributed by atoms with Gasteiger partial charge in [-0.1, -0.05) is 18.7 Å². The number of fused-ring (bicyclic) bond motifs is 1. The second-order valence-electron chi connectivity index (χ2n) is 9.18. The van der Waals surface area contributed by atoms with Crippen molar-refractivity contribution in [1.82, 2.24) is 24.3 Å². The molecule has 2 fully saturated rings. The number of nitrogens with two attached hydrogens (primary N) is 1. The Morgan fingerprint density at radius 3 is 2.50 bits per heavy atom. The largest absolute Gasteiger partial charge is 0.383 e. The van der Waals surface area contributed by atoms with E-state index < -0.39 is 0 Å². The van der Waals surface area contributed by atoms with E-state index in [2.05, 4.69) is 21.1 Å². The maximum atomic E-state index is 13.0. The molecule has 8 heteroatoms. The Labute approximate surface area is 199 Å². The molecule has 0 bridgehead atoms. The number of likely N-dealkylation sites (tertiary alicyclic amines) is 2. The van der Waals surface area contributed by atoms with Gasteiger partial charge < -0.3 is 20.1 Å². The molecule has 3 aromatic rings. The molecule has 1 aromatic carbocycles. The third-order valence-electron chi connectivity index (χ3n) is 7.17. The first-order chi connectivity index (χ1) is 16.5. The Morgan fingerprint density at radius 1 is 1.06 bits per heavy atom. The standard InChI is InChI=1S/C26H30N6O2/c1-3-20(33)32-14-11-19(15-32)23-21(22-24(27)28-16-29-25(22)30(23)2)17-7-9-18(10-8-17)26(34)31-12-5-4-6-13-31/h3,7-10,16,19H,1,4-6,11-15H2,2H3,(H2,27,28,29). The second-order valence-corrected chi connectivity index (χ2v) is 9.18. The lowest BCUT2D eigenvalue weighted by Crippen LogP contribution is -2.35. The van der Waals surface area contributed by atoms with Crippen LogP contribution in [0.4, 0.5) is 5.82 Å². The number of hydrogen-bond donors (Lipinski definition) is 1. The van der Waals surface area contributed by atoms with Crippen LogP contribution in [0.15, 0.2) is 43.2 Å². The van der Waals surface area contributed by atoms with Crippen LogP contribution in [0, 0.1) is 0 Å². The lowest BCUT2D eigenvalue weighted by atomic mass is 9.94. The van der Waals surface area contributed by atoms with Gasteiger partial charge in [0.1, 0.15) is 17.8 Å². The average molecular weight is 459 g/mol. The van der Waals surface area contributed by atoms with E-state index in [4.69, 9.17) is 5.73 Å². The number of carbonyl (C=O) groups excluding carboxylic acids is 2. The van der Waals surface area contributed by atoms with Gasteiger partial charge in [0.05, 0.1) is 5.39 Å². The number of nitrogens with zero attached hydrogens (tertiary/aromatic N) is 5. The molecule has 2 aliphatic rings. The van der Waals surface area contributed by atoms with Crippen LogP contribution < -0.4 is 5.73 Å². The van der Waals surface area contributed by atoms with Gasteiger partial charge in [-0.05, 0) is 49.5 Å².